The molecule has 1 unspecified atom stereocenters. The highest BCUT2D eigenvalue weighted by molar-refractivity contribution is 9.10. The summed E-state index contributed by atoms with van der Waals surface area (Å²) in [4.78, 5) is 0. The van der Waals surface area contributed by atoms with Crippen LogP contribution in [0.4, 0.5) is 0 Å². The second-order valence-electron chi connectivity index (χ2n) is 5.17. The fourth-order valence-electron chi connectivity index (χ4n) is 2.31. The Balaban J connectivity index is 1.92. The van der Waals surface area contributed by atoms with Crippen molar-refractivity contribution >= 4 is 27.5 Å². The molecule has 2 aromatic rings. The van der Waals surface area contributed by atoms with Crippen LogP contribution in [-0.2, 0) is 6.42 Å². The van der Waals surface area contributed by atoms with Crippen molar-refractivity contribution in [3.8, 4) is 0 Å². The Morgan fingerprint density at radius 1 is 1.00 bits per heavy atom. The summed E-state index contributed by atoms with van der Waals surface area (Å²) in [5, 5.41) is 4.41. The maximum Gasteiger partial charge on any atom is 0.0406 e. The van der Waals surface area contributed by atoms with Crippen LogP contribution >= 0.6 is 27.5 Å². The van der Waals surface area contributed by atoms with Crippen molar-refractivity contribution in [2.24, 2.45) is 0 Å². The van der Waals surface area contributed by atoms with Gasteiger partial charge in [0, 0.05) is 21.6 Å². The third kappa shape index (κ3) is 4.62. The number of hydrogen-bond acceptors (Lipinski definition) is 1. The van der Waals surface area contributed by atoms with E-state index in [2.05, 4.69) is 71.5 Å². The Hall–Kier alpha value is -0.830. The molecule has 0 radical (unpaired) electrons. The third-order valence-electron chi connectivity index (χ3n) is 3.36. The van der Waals surface area contributed by atoms with Crippen LogP contribution in [0.3, 0.4) is 0 Å². The third-order valence-corrected chi connectivity index (χ3v) is 4.14. The van der Waals surface area contributed by atoms with Gasteiger partial charge in [0.2, 0.25) is 0 Å². The molecular formula is C17H19BrClN. The summed E-state index contributed by atoms with van der Waals surface area (Å²) in [7, 11) is 0. The molecule has 0 aliphatic carbocycles. The average molecular weight is 353 g/mol. The molecule has 1 N–H and O–H groups in total. The molecule has 0 heterocycles. The Bertz CT molecular complexity index is 536. The minimum Gasteiger partial charge on any atom is -0.307 e. The minimum atomic E-state index is 0.317. The van der Waals surface area contributed by atoms with E-state index in [4.69, 9.17) is 11.6 Å². The first-order valence-electron chi connectivity index (χ1n) is 6.80. The molecule has 0 spiro atoms. The van der Waals surface area contributed by atoms with Gasteiger partial charge in [-0.2, -0.15) is 0 Å². The Kier molecular flexibility index (Phi) is 5.64. The van der Waals surface area contributed by atoms with Crippen LogP contribution in [0.1, 0.15) is 31.0 Å². The van der Waals surface area contributed by atoms with Gasteiger partial charge in [0.05, 0.1) is 0 Å². The number of hydrogen-bond donors (Lipinski definition) is 1. The summed E-state index contributed by atoms with van der Waals surface area (Å²) >= 11 is 9.38. The predicted molar refractivity (Wildman–Crippen MR) is 90.3 cm³/mol. The summed E-state index contributed by atoms with van der Waals surface area (Å²) in [6, 6.07) is 17.3. The molecule has 0 fully saturated rings. The Morgan fingerprint density at radius 2 is 1.60 bits per heavy atom. The van der Waals surface area contributed by atoms with Crippen LogP contribution < -0.4 is 5.32 Å². The highest BCUT2D eigenvalue weighted by Gasteiger charge is 2.10. The molecular weight excluding hydrogens is 334 g/mol. The zero-order valence-electron chi connectivity index (χ0n) is 11.7. The molecule has 0 aliphatic rings. The van der Waals surface area contributed by atoms with Gasteiger partial charge in [-0.1, -0.05) is 51.8 Å². The highest BCUT2D eigenvalue weighted by atomic mass is 79.9. The molecule has 106 valence electrons. The van der Waals surface area contributed by atoms with Gasteiger partial charge in [-0.25, -0.2) is 0 Å². The number of nitrogens with one attached hydrogen (secondary N) is 1. The topological polar surface area (TPSA) is 12.0 Å². The molecule has 2 aromatic carbocycles. The van der Waals surface area contributed by atoms with E-state index in [9.17, 15) is 0 Å². The standard InChI is InChI=1S/C17H19BrClN/c1-12(11-14-3-7-16(18)8-4-14)20-13(2)15-5-9-17(19)10-6-15/h3-10,12-13,20H,11H2,1-2H3/t12?,13-/m0/s1. The molecule has 20 heavy (non-hydrogen) atoms. The van der Waals surface area contributed by atoms with Crippen molar-refractivity contribution in [3.63, 3.8) is 0 Å². The van der Waals surface area contributed by atoms with E-state index < -0.39 is 0 Å². The lowest BCUT2D eigenvalue weighted by Crippen LogP contribution is -2.30. The summed E-state index contributed by atoms with van der Waals surface area (Å²) in [5.41, 5.74) is 2.61. The Labute approximate surface area is 134 Å². The maximum atomic E-state index is 5.92. The average Bonchev–Trinajstić information content (AvgIpc) is 2.42. The fourth-order valence-corrected chi connectivity index (χ4v) is 2.70. The smallest absolute Gasteiger partial charge is 0.0406 e. The summed E-state index contributed by atoms with van der Waals surface area (Å²) in [6.07, 6.45) is 1.02. The van der Waals surface area contributed by atoms with Gasteiger partial charge in [-0.15, -0.1) is 0 Å². The zero-order chi connectivity index (χ0) is 14.5. The van der Waals surface area contributed by atoms with Crippen LogP contribution in [0.2, 0.25) is 5.02 Å². The van der Waals surface area contributed by atoms with Crippen LogP contribution in [0.15, 0.2) is 53.0 Å². The van der Waals surface area contributed by atoms with Gasteiger partial charge in [0.25, 0.3) is 0 Å². The maximum absolute atomic E-state index is 5.92. The normalized spacial score (nSPS) is 14.0. The number of rotatable bonds is 5. The first-order chi connectivity index (χ1) is 9.54. The largest absolute Gasteiger partial charge is 0.307 e. The van der Waals surface area contributed by atoms with E-state index in [1.807, 2.05) is 12.1 Å². The summed E-state index contributed by atoms with van der Waals surface area (Å²) in [5.74, 6) is 0. The van der Waals surface area contributed by atoms with E-state index >= 15 is 0 Å². The minimum absolute atomic E-state index is 0.317. The number of benzene rings is 2. The van der Waals surface area contributed by atoms with Crippen LogP contribution in [0.5, 0.6) is 0 Å². The van der Waals surface area contributed by atoms with E-state index in [0.29, 0.717) is 12.1 Å². The highest BCUT2D eigenvalue weighted by Crippen LogP contribution is 2.17. The quantitative estimate of drug-likeness (QED) is 0.761. The van der Waals surface area contributed by atoms with Crippen molar-refractivity contribution < 1.29 is 0 Å². The van der Waals surface area contributed by atoms with E-state index in [1.165, 1.54) is 11.1 Å². The molecule has 2 rings (SSSR count). The SMILES string of the molecule is CC(Cc1ccc(Br)cc1)N[C@@H](C)c1ccc(Cl)cc1. The van der Waals surface area contributed by atoms with Crippen molar-refractivity contribution in [2.45, 2.75) is 32.4 Å². The van der Waals surface area contributed by atoms with Gasteiger partial charge >= 0.3 is 0 Å². The summed E-state index contributed by atoms with van der Waals surface area (Å²) < 4.78 is 1.12. The molecule has 0 aliphatic heterocycles. The molecule has 0 aromatic heterocycles. The van der Waals surface area contributed by atoms with E-state index in [0.717, 1.165) is 15.9 Å². The predicted octanol–water partition coefficient (Wildman–Crippen LogP) is 5.38. The first kappa shape index (κ1) is 15.6. The fraction of sp³-hybridized carbons (Fsp3) is 0.294. The second-order valence-corrected chi connectivity index (χ2v) is 6.52. The molecule has 0 bridgehead atoms. The monoisotopic (exact) mass is 351 g/mol. The van der Waals surface area contributed by atoms with Gasteiger partial charge < -0.3 is 5.32 Å². The molecule has 2 atom stereocenters. The molecule has 0 saturated carbocycles. The van der Waals surface area contributed by atoms with Crippen molar-refractivity contribution in [3.05, 3.63) is 69.2 Å². The van der Waals surface area contributed by atoms with Crippen LogP contribution in [-0.4, -0.2) is 6.04 Å². The van der Waals surface area contributed by atoms with Crippen molar-refractivity contribution in [2.75, 3.05) is 0 Å². The lowest BCUT2D eigenvalue weighted by Gasteiger charge is -2.20. The molecule has 3 heteroatoms. The second kappa shape index (κ2) is 7.26. The lowest BCUT2D eigenvalue weighted by molar-refractivity contribution is 0.477. The van der Waals surface area contributed by atoms with Crippen molar-refractivity contribution in [1.29, 1.82) is 0 Å². The number of halogens is 2. The van der Waals surface area contributed by atoms with E-state index in [-0.39, 0.29) is 0 Å². The van der Waals surface area contributed by atoms with Crippen molar-refractivity contribution in [1.82, 2.24) is 5.32 Å². The van der Waals surface area contributed by atoms with Gasteiger partial charge in [-0.3, -0.25) is 0 Å². The van der Waals surface area contributed by atoms with E-state index in [1.54, 1.807) is 0 Å². The van der Waals surface area contributed by atoms with Crippen LogP contribution in [0.25, 0.3) is 0 Å². The van der Waals surface area contributed by atoms with Gasteiger partial charge in [0.15, 0.2) is 0 Å². The van der Waals surface area contributed by atoms with Gasteiger partial charge in [0.1, 0.15) is 0 Å². The first-order valence-corrected chi connectivity index (χ1v) is 7.97. The summed E-state index contributed by atoms with van der Waals surface area (Å²) in [6.45, 7) is 4.40. The zero-order valence-corrected chi connectivity index (χ0v) is 14.1. The lowest BCUT2D eigenvalue weighted by atomic mass is 10.0. The Morgan fingerprint density at radius 3 is 2.20 bits per heavy atom. The van der Waals surface area contributed by atoms with Gasteiger partial charge in [-0.05, 0) is 55.7 Å². The molecule has 1 nitrogen and oxygen atoms in total. The van der Waals surface area contributed by atoms with Crippen LogP contribution in [0, 0.1) is 0 Å². The molecule has 0 saturated heterocycles. The molecule has 0 amide bonds.